The molecule has 0 aliphatic heterocycles. The van der Waals surface area contributed by atoms with Crippen molar-refractivity contribution in [2.24, 2.45) is 11.8 Å². The molecule has 0 radical (unpaired) electrons. The molecule has 17 heavy (non-hydrogen) atoms. The largest absolute Gasteiger partial charge is 0.465 e. The Bertz CT molecular complexity index is 220. The summed E-state index contributed by atoms with van der Waals surface area (Å²) in [6.07, 6.45) is 5.63. The van der Waals surface area contributed by atoms with E-state index in [0.29, 0.717) is 18.9 Å². The first-order chi connectivity index (χ1) is 8.13. The smallest absolute Gasteiger partial charge is 0.308 e. The number of ether oxygens (including phenoxy) is 1. The molecule has 3 heteroatoms. The van der Waals surface area contributed by atoms with Crippen LogP contribution in [0.3, 0.4) is 0 Å². The number of rotatable bonds is 6. The van der Waals surface area contributed by atoms with E-state index in [1.807, 2.05) is 0 Å². The van der Waals surface area contributed by atoms with Crippen LogP contribution in [0.4, 0.5) is 4.39 Å². The average Bonchev–Trinajstić information content (AvgIpc) is 2.29. The summed E-state index contributed by atoms with van der Waals surface area (Å²) >= 11 is 0. The van der Waals surface area contributed by atoms with Gasteiger partial charge in [0, 0.05) is 0 Å². The molecule has 1 rings (SSSR count). The lowest BCUT2D eigenvalue weighted by atomic mass is 9.80. The van der Waals surface area contributed by atoms with Crippen molar-refractivity contribution in [3.63, 3.8) is 0 Å². The van der Waals surface area contributed by atoms with Gasteiger partial charge in [-0.1, -0.05) is 13.3 Å². The maximum absolute atomic E-state index is 12.9. The zero-order valence-corrected chi connectivity index (χ0v) is 11.1. The summed E-state index contributed by atoms with van der Waals surface area (Å²) in [5.74, 6) is 0.498. The van der Waals surface area contributed by atoms with E-state index >= 15 is 0 Å². The normalized spacial score (nSPS) is 26.5. The molecule has 1 unspecified atom stereocenters. The molecule has 1 atom stereocenters. The van der Waals surface area contributed by atoms with E-state index in [2.05, 4.69) is 6.92 Å². The van der Waals surface area contributed by atoms with E-state index in [0.717, 1.165) is 38.5 Å². The highest BCUT2D eigenvalue weighted by molar-refractivity contribution is 5.72. The van der Waals surface area contributed by atoms with Gasteiger partial charge in [-0.3, -0.25) is 4.79 Å². The van der Waals surface area contributed by atoms with E-state index < -0.39 is 6.17 Å². The Labute approximate surface area is 104 Å². The molecule has 0 spiro atoms. The molecule has 0 bridgehead atoms. The molecule has 0 N–H and O–H groups in total. The van der Waals surface area contributed by atoms with Gasteiger partial charge in [0.25, 0.3) is 0 Å². The van der Waals surface area contributed by atoms with Crippen LogP contribution in [0.5, 0.6) is 0 Å². The lowest BCUT2D eigenvalue weighted by Gasteiger charge is -2.27. The molecule has 100 valence electrons. The van der Waals surface area contributed by atoms with E-state index in [-0.39, 0.29) is 11.9 Å². The van der Waals surface area contributed by atoms with Gasteiger partial charge in [-0.05, 0) is 51.4 Å². The Morgan fingerprint density at radius 3 is 2.53 bits per heavy atom. The third kappa shape index (κ3) is 5.51. The highest BCUT2D eigenvalue weighted by Gasteiger charge is 2.27. The van der Waals surface area contributed by atoms with Crippen LogP contribution in [0.2, 0.25) is 0 Å². The average molecular weight is 244 g/mol. The summed E-state index contributed by atoms with van der Waals surface area (Å²) in [6.45, 7) is 4.25. The van der Waals surface area contributed by atoms with Gasteiger partial charge < -0.3 is 4.74 Å². The first kappa shape index (κ1) is 14.5. The van der Waals surface area contributed by atoms with E-state index in [4.69, 9.17) is 4.74 Å². The van der Waals surface area contributed by atoms with Crippen LogP contribution in [0, 0.1) is 11.8 Å². The van der Waals surface area contributed by atoms with Gasteiger partial charge in [-0.2, -0.15) is 0 Å². The highest BCUT2D eigenvalue weighted by atomic mass is 19.1. The number of hydrogen-bond donors (Lipinski definition) is 0. The summed E-state index contributed by atoms with van der Waals surface area (Å²) in [5.41, 5.74) is 0. The second-order valence-corrected chi connectivity index (χ2v) is 5.26. The molecule has 0 saturated heterocycles. The van der Waals surface area contributed by atoms with Gasteiger partial charge in [-0.15, -0.1) is 0 Å². The molecule has 0 aromatic heterocycles. The van der Waals surface area contributed by atoms with Crippen molar-refractivity contribution in [3.8, 4) is 0 Å². The Kier molecular flexibility index (Phi) is 6.53. The number of carbonyl (C=O) groups is 1. The Morgan fingerprint density at radius 1 is 1.35 bits per heavy atom. The topological polar surface area (TPSA) is 26.3 Å². The molecular formula is C14H25FO2. The predicted molar refractivity (Wildman–Crippen MR) is 66.5 cm³/mol. The molecule has 1 saturated carbocycles. The standard InChI is InChI=1S/C14H25FO2/c1-3-4-9-17-14(16)13-7-5-12(6-8-13)10-11(2)15/h11-13H,3-10H2,1-2H3. The first-order valence-electron chi connectivity index (χ1n) is 6.94. The zero-order chi connectivity index (χ0) is 12.7. The van der Waals surface area contributed by atoms with Gasteiger partial charge in [-0.25, -0.2) is 4.39 Å². The molecule has 1 aliphatic rings. The molecule has 0 aromatic carbocycles. The van der Waals surface area contributed by atoms with Crippen molar-refractivity contribution in [2.45, 2.75) is 65.0 Å². The van der Waals surface area contributed by atoms with Gasteiger partial charge >= 0.3 is 5.97 Å². The van der Waals surface area contributed by atoms with Gasteiger partial charge in [0.1, 0.15) is 0 Å². The minimum atomic E-state index is -0.715. The monoisotopic (exact) mass is 244 g/mol. The Hall–Kier alpha value is -0.600. The number of hydrogen-bond acceptors (Lipinski definition) is 2. The number of alkyl halides is 1. The Morgan fingerprint density at radius 2 is 2.00 bits per heavy atom. The fraction of sp³-hybridized carbons (Fsp3) is 0.929. The van der Waals surface area contributed by atoms with Gasteiger partial charge in [0.2, 0.25) is 0 Å². The summed E-state index contributed by atoms with van der Waals surface area (Å²) in [6, 6.07) is 0. The summed E-state index contributed by atoms with van der Waals surface area (Å²) in [4.78, 5) is 11.7. The molecular weight excluding hydrogens is 219 g/mol. The third-order valence-corrected chi connectivity index (χ3v) is 3.58. The van der Waals surface area contributed by atoms with Crippen molar-refractivity contribution in [3.05, 3.63) is 0 Å². The summed E-state index contributed by atoms with van der Waals surface area (Å²) in [5, 5.41) is 0. The highest BCUT2D eigenvalue weighted by Crippen LogP contribution is 2.32. The number of unbranched alkanes of at least 4 members (excludes halogenated alkanes) is 1. The second kappa shape index (κ2) is 7.67. The first-order valence-corrected chi connectivity index (χ1v) is 6.94. The van der Waals surface area contributed by atoms with E-state index in [1.165, 1.54) is 0 Å². The Balaban J connectivity index is 2.19. The van der Waals surface area contributed by atoms with Gasteiger partial charge in [0.15, 0.2) is 0 Å². The van der Waals surface area contributed by atoms with Gasteiger partial charge in [0.05, 0.1) is 18.7 Å². The van der Waals surface area contributed by atoms with Crippen LogP contribution < -0.4 is 0 Å². The quantitative estimate of drug-likeness (QED) is 0.523. The van der Waals surface area contributed by atoms with Crippen LogP contribution in [0.25, 0.3) is 0 Å². The summed E-state index contributed by atoms with van der Waals surface area (Å²) in [7, 11) is 0. The predicted octanol–water partition coefficient (Wildman–Crippen LogP) is 3.88. The zero-order valence-electron chi connectivity index (χ0n) is 11.1. The molecule has 0 amide bonds. The minimum Gasteiger partial charge on any atom is -0.465 e. The van der Waals surface area contributed by atoms with Crippen LogP contribution in [0.15, 0.2) is 0 Å². The number of carbonyl (C=O) groups excluding carboxylic acids is 1. The van der Waals surface area contributed by atoms with Crippen LogP contribution in [0.1, 0.15) is 58.8 Å². The van der Waals surface area contributed by atoms with E-state index in [9.17, 15) is 9.18 Å². The number of halogens is 1. The maximum atomic E-state index is 12.9. The molecule has 0 heterocycles. The second-order valence-electron chi connectivity index (χ2n) is 5.26. The van der Waals surface area contributed by atoms with Crippen molar-refractivity contribution >= 4 is 5.97 Å². The van der Waals surface area contributed by atoms with E-state index in [1.54, 1.807) is 6.92 Å². The third-order valence-electron chi connectivity index (χ3n) is 3.58. The van der Waals surface area contributed by atoms with Crippen molar-refractivity contribution in [1.29, 1.82) is 0 Å². The van der Waals surface area contributed by atoms with Crippen LogP contribution in [-0.2, 0) is 9.53 Å². The minimum absolute atomic E-state index is 0.0369. The SMILES string of the molecule is CCCCOC(=O)C1CCC(CC(C)F)CC1. The van der Waals surface area contributed by atoms with Crippen LogP contribution in [-0.4, -0.2) is 18.7 Å². The summed E-state index contributed by atoms with van der Waals surface area (Å²) < 4.78 is 18.1. The fourth-order valence-corrected chi connectivity index (χ4v) is 2.53. The molecule has 0 aromatic rings. The fourth-order valence-electron chi connectivity index (χ4n) is 2.53. The molecule has 1 aliphatic carbocycles. The lowest BCUT2D eigenvalue weighted by Crippen LogP contribution is -2.25. The van der Waals surface area contributed by atoms with Crippen LogP contribution >= 0.6 is 0 Å². The maximum Gasteiger partial charge on any atom is 0.308 e. The van der Waals surface area contributed by atoms with Crippen molar-refractivity contribution < 1.29 is 13.9 Å². The van der Waals surface area contributed by atoms with Crippen molar-refractivity contribution in [1.82, 2.24) is 0 Å². The number of esters is 1. The molecule has 1 fully saturated rings. The lowest BCUT2D eigenvalue weighted by molar-refractivity contribution is -0.150. The van der Waals surface area contributed by atoms with Crippen molar-refractivity contribution in [2.75, 3.05) is 6.61 Å². The molecule has 2 nitrogen and oxygen atoms in total.